The molecule has 2 N–H and O–H groups in total. The third-order valence-corrected chi connectivity index (χ3v) is 1.96. The van der Waals surface area contributed by atoms with E-state index in [4.69, 9.17) is 14.6 Å². The minimum Gasteiger partial charge on any atom is -0.481 e. The SMILES string of the molecule is COCCOCCNC(=O)N(C)CCC(=O)O. The predicted molar refractivity (Wildman–Crippen MR) is 61.0 cm³/mol. The lowest BCUT2D eigenvalue weighted by Crippen LogP contribution is -2.39. The first kappa shape index (κ1) is 15.7. The summed E-state index contributed by atoms with van der Waals surface area (Å²) in [5.41, 5.74) is 0. The first-order valence-corrected chi connectivity index (χ1v) is 5.35. The topological polar surface area (TPSA) is 88.1 Å². The lowest BCUT2D eigenvalue weighted by Gasteiger charge is -2.16. The van der Waals surface area contributed by atoms with Crippen LogP contribution >= 0.6 is 0 Å². The lowest BCUT2D eigenvalue weighted by molar-refractivity contribution is -0.137. The van der Waals surface area contributed by atoms with Gasteiger partial charge in [0.05, 0.1) is 26.2 Å². The highest BCUT2D eigenvalue weighted by Crippen LogP contribution is 1.88. The molecule has 0 aromatic heterocycles. The largest absolute Gasteiger partial charge is 0.481 e. The number of carboxylic acids is 1. The molecule has 0 fully saturated rings. The number of nitrogens with zero attached hydrogens (tertiary/aromatic N) is 1. The molecule has 100 valence electrons. The zero-order valence-electron chi connectivity index (χ0n) is 10.3. The van der Waals surface area contributed by atoms with Crippen molar-refractivity contribution < 1.29 is 24.2 Å². The number of nitrogens with one attached hydrogen (secondary N) is 1. The van der Waals surface area contributed by atoms with Gasteiger partial charge in [-0.25, -0.2) is 4.79 Å². The number of carboxylic acid groups (broad SMARTS) is 1. The van der Waals surface area contributed by atoms with Crippen LogP contribution in [0.4, 0.5) is 4.79 Å². The maximum Gasteiger partial charge on any atom is 0.317 e. The van der Waals surface area contributed by atoms with Gasteiger partial charge in [0.1, 0.15) is 0 Å². The number of carbonyl (C=O) groups is 2. The van der Waals surface area contributed by atoms with E-state index >= 15 is 0 Å². The summed E-state index contributed by atoms with van der Waals surface area (Å²) in [6.45, 7) is 1.99. The highest BCUT2D eigenvalue weighted by atomic mass is 16.5. The second-order valence-electron chi connectivity index (χ2n) is 3.40. The Labute approximate surface area is 101 Å². The first-order chi connectivity index (χ1) is 8.07. The molecule has 17 heavy (non-hydrogen) atoms. The van der Waals surface area contributed by atoms with Gasteiger partial charge < -0.3 is 24.8 Å². The third kappa shape index (κ3) is 9.58. The van der Waals surface area contributed by atoms with Crippen LogP contribution in [0.2, 0.25) is 0 Å². The van der Waals surface area contributed by atoms with Gasteiger partial charge in [-0.05, 0) is 0 Å². The number of hydrogen-bond donors (Lipinski definition) is 2. The lowest BCUT2D eigenvalue weighted by atomic mass is 10.4. The molecule has 0 heterocycles. The standard InChI is InChI=1S/C10H20N2O5/c1-12(5-3-9(13)14)10(15)11-4-6-17-8-7-16-2/h3-8H2,1-2H3,(H,11,15)(H,13,14). The van der Waals surface area contributed by atoms with Crippen molar-refractivity contribution in [2.24, 2.45) is 0 Å². The number of aliphatic carboxylic acids is 1. The summed E-state index contributed by atoms with van der Waals surface area (Å²) in [7, 11) is 3.13. The van der Waals surface area contributed by atoms with E-state index < -0.39 is 5.97 Å². The fraction of sp³-hybridized carbons (Fsp3) is 0.800. The van der Waals surface area contributed by atoms with Crippen molar-refractivity contribution in [1.82, 2.24) is 10.2 Å². The quantitative estimate of drug-likeness (QED) is 0.550. The molecule has 0 aliphatic carbocycles. The molecule has 7 heteroatoms. The Balaban J connectivity index is 3.47. The molecule has 0 atom stereocenters. The Hall–Kier alpha value is -1.34. The van der Waals surface area contributed by atoms with Crippen LogP contribution in [-0.4, -0.2) is 69.1 Å². The van der Waals surface area contributed by atoms with E-state index in [9.17, 15) is 9.59 Å². The third-order valence-electron chi connectivity index (χ3n) is 1.96. The Morgan fingerprint density at radius 3 is 2.59 bits per heavy atom. The monoisotopic (exact) mass is 248 g/mol. The van der Waals surface area contributed by atoms with E-state index in [0.29, 0.717) is 26.4 Å². The van der Waals surface area contributed by atoms with Crippen molar-refractivity contribution >= 4 is 12.0 Å². The average Bonchev–Trinajstić information content (AvgIpc) is 2.30. The van der Waals surface area contributed by atoms with Crippen LogP contribution in [0.3, 0.4) is 0 Å². The van der Waals surface area contributed by atoms with Gasteiger partial charge in [0, 0.05) is 27.2 Å². The summed E-state index contributed by atoms with van der Waals surface area (Å²) in [5.74, 6) is -0.924. The number of ether oxygens (including phenoxy) is 2. The summed E-state index contributed by atoms with van der Waals surface area (Å²) in [6.07, 6.45) is -0.0613. The van der Waals surface area contributed by atoms with Gasteiger partial charge in [-0.15, -0.1) is 0 Å². The van der Waals surface area contributed by atoms with Crippen molar-refractivity contribution in [1.29, 1.82) is 0 Å². The number of carbonyl (C=O) groups excluding carboxylic acids is 1. The van der Waals surface area contributed by atoms with Crippen molar-refractivity contribution in [3.8, 4) is 0 Å². The minimum absolute atomic E-state index is 0.0613. The molecule has 0 unspecified atom stereocenters. The summed E-state index contributed by atoms with van der Waals surface area (Å²) < 4.78 is 9.94. The van der Waals surface area contributed by atoms with E-state index in [1.54, 1.807) is 14.2 Å². The molecule has 0 aliphatic rings. The molecule has 0 saturated heterocycles. The molecule has 0 aliphatic heterocycles. The van der Waals surface area contributed by atoms with Crippen molar-refractivity contribution in [2.45, 2.75) is 6.42 Å². The van der Waals surface area contributed by atoms with Gasteiger partial charge in [0.25, 0.3) is 0 Å². The zero-order chi connectivity index (χ0) is 13.1. The summed E-state index contributed by atoms with van der Waals surface area (Å²) >= 11 is 0. The number of urea groups is 1. The second-order valence-corrected chi connectivity index (χ2v) is 3.40. The van der Waals surface area contributed by atoms with Gasteiger partial charge in [-0.2, -0.15) is 0 Å². The van der Waals surface area contributed by atoms with Gasteiger partial charge in [-0.1, -0.05) is 0 Å². The molecule has 0 rings (SSSR count). The Morgan fingerprint density at radius 1 is 1.29 bits per heavy atom. The van der Waals surface area contributed by atoms with E-state index in [0.717, 1.165) is 0 Å². The molecule has 2 amide bonds. The number of rotatable bonds is 9. The average molecular weight is 248 g/mol. The number of methoxy groups -OCH3 is 1. The Morgan fingerprint density at radius 2 is 2.00 bits per heavy atom. The molecular weight excluding hydrogens is 228 g/mol. The summed E-state index contributed by atoms with van der Waals surface area (Å²) in [5, 5.41) is 11.1. The number of hydrogen-bond acceptors (Lipinski definition) is 4. The van der Waals surface area contributed by atoms with Crippen LogP contribution in [0.25, 0.3) is 0 Å². The predicted octanol–water partition coefficient (Wildman–Crippen LogP) is -0.234. The fourth-order valence-corrected chi connectivity index (χ4v) is 0.974. The van der Waals surface area contributed by atoms with Crippen LogP contribution in [-0.2, 0) is 14.3 Å². The Kier molecular flexibility index (Phi) is 9.08. The molecule has 0 bridgehead atoms. The zero-order valence-corrected chi connectivity index (χ0v) is 10.3. The minimum atomic E-state index is -0.924. The maximum absolute atomic E-state index is 11.4. The smallest absolute Gasteiger partial charge is 0.317 e. The fourth-order valence-electron chi connectivity index (χ4n) is 0.974. The van der Waals surface area contributed by atoms with E-state index in [2.05, 4.69) is 5.32 Å². The van der Waals surface area contributed by atoms with Crippen LogP contribution in [0.5, 0.6) is 0 Å². The van der Waals surface area contributed by atoms with Gasteiger partial charge in [0.2, 0.25) is 0 Å². The van der Waals surface area contributed by atoms with E-state index in [-0.39, 0.29) is 19.0 Å². The van der Waals surface area contributed by atoms with Gasteiger partial charge >= 0.3 is 12.0 Å². The van der Waals surface area contributed by atoms with Gasteiger partial charge in [-0.3, -0.25) is 4.79 Å². The van der Waals surface area contributed by atoms with Crippen LogP contribution < -0.4 is 5.32 Å². The molecule has 0 aromatic carbocycles. The Bertz CT molecular complexity index is 235. The normalized spacial score (nSPS) is 10.0. The highest BCUT2D eigenvalue weighted by Gasteiger charge is 2.08. The van der Waals surface area contributed by atoms with E-state index in [1.807, 2.05) is 0 Å². The van der Waals surface area contributed by atoms with E-state index in [1.165, 1.54) is 4.90 Å². The van der Waals surface area contributed by atoms with Crippen molar-refractivity contribution in [2.75, 3.05) is 47.1 Å². The van der Waals surface area contributed by atoms with Gasteiger partial charge in [0.15, 0.2) is 0 Å². The molecule has 0 radical (unpaired) electrons. The van der Waals surface area contributed by atoms with Crippen molar-refractivity contribution in [3.63, 3.8) is 0 Å². The molecular formula is C10H20N2O5. The van der Waals surface area contributed by atoms with Crippen LogP contribution in [0.1, 0.15) is 6.42 Å². The summed E-state index contributed by atoms with van der Waals surface area (Å²) in [6, 6.07) is -0.304. The maximum atomic E-state index is 11.4. The molecule has 0 saturated carbocycles. The molecule has 0 aromatic rings. The second kappa shape index (κ2) is 9.86. The van der Waals surface area contributed by atoms with Crippen LogP contribution in [0, 0.1) is 0 Å². The first-order valence-electron chi connectivity index (χ1n) is 5.35. The van der Waals surface area contributed by atoms with Crippen LogP contribution in [0.15, 0.2) is 0 Å². The molecule has 0 spiro atoms. The molecule has 7 nitrogen and oxygen atoms in total. The summed E-state index contributed by atoms with van der Waals surface area (Å²) in [4.78, 5) is 23.0. The highest BCUT2D eigenvalue weighted by molar-refractivity contribution is 5.74. The van der Waals surface area contributed by atoms with Crippen molar-refractivity contribution in [3.05, 3.63) is 0 Å². The number of amides is 2.